The lowest BCUT2D eigenvalue weighted by Crippen LogP contribution is -2.36. The number of amides is 2. The number of nitrogens with one attached hydrogen (secondary N) is 3. The summed E-state index contributed by atoms with van der Waals surface area (Å²) in [5.74, 6) is -0.765. The summed E-state index contributed by atoms with van der Waals surface area (Å²) in [5, 5.41) is 17.6. The fourth-order valence-electron chi connectivity index (χ4n) is 2.45. The van der Waals surface area contributed by atoms with Crippen LogP contribution in [-0.4, -0.2) is 24.9 Å². The Labute approximate surface area is 154 Å². The highest BCUT2D eigenvalue weighted by molar-refractivity contribution is 14.1. The Morgan fingerprint density at radius 2 is 2.08 bits per heavy atom. The second-order valence-electron chi connectivity index (χ2n) is 5.62. The van der Waals surface area contributed by atoms with Crippen LogP contribution in [-0.2, 0) is 9.59 Å². The van der Waals surface area contributed by atoms with Crippen LogP contribution in [0.2, 0.25) is 0 Å². The lowest BCUT2D eigenvalue weighted by Gasteiger charge is -2.20. The van der Waals surface area contributed by atoms with Gasteiger partial charge in [-0.3, -0.25) is 9.59 Å². The van der Waals surface area contributed by atoms with E-state index in [1.54, 1.807) is 6.07 Å². The largest absolute Gasteiger partial charge is 0.331 e. The number of anilines is 1. The number of benzene rings is 1. The zero-order valence-corrected chi connectivity index (χ0v) is 15.5. The minimum atomic E-state index is -0.535. The molecule has 1 heterocycles. The molecule has 7 heteroatoms. The van der Waals surface area contributed by atoms with Gasteiger partial charge in [0.05, 0.1) is 0 Å². The lowest BCUT2D eigenvalue weighted by molar-refractivity contribution is -0.124. The van der Waals surface area contributed by atoms with E-state index in [9.17, 15) is 9.59 Å². The number of rotatable bonds is 4. The van der Waals surface area contributed by atoms with E-state index in [0.717, 1.165) is 35.1 Å². The molecule has 0 radical (unpaired) electrons. The van der Waals surface area contributed by atoms with E-state index in [-0.39, 0.29) is 17.4 Å². The maximum atomic E-state index is 12.2. The smallest absolute Gasteiger partial charge is 0.267 e. The zero-order chi connectivity index (χ0) is 17.5. The number of hydrogen-bond acceptors (Lipinski definition) is 4. The molecule has 0 spiro atoms. The van der Waals surface area contributed by atoms with Crippen LogP contribution in [0.1, 0.15) is 18.4 Å². The number of aryl methyl sites for hydroxylation is 1. The van der Waals surface area contributed by atoms with E-state index < -0.39 is 5.91 Å². The minimum absolute atomic E-state index is 0.0797. The molecule has 0 saturated carbocycles. The molecule has 0 unspecified atom stereocenters. The average Bonchev–Trinajstić information content (AvgIpc) is 2.58. The molecule has 1 aliphatic rings. The molecule has 0 aromatic heterocycles. The highest BCUT2D eigenvalue weighted by Crippen LogP contribution is 2.18. The molecule has 1 fully saturated rings. The van der Waals surface area contributed by atoms with Crippen LogP contribution in [0.5, 0.6) is 0 Å². The Hall–Kier alpha value is -1.92. The van der Waals surface area contributed by atoms with Gasteiger partial charge >= 0.3 is 0 Å². The summed E-state index contributed by atoms with van der Waals surface area (Å²) < 4.78 is 1.06. The Morgan fingerprint density at radius 3 is 2.71 bits per heavy atom. The van der Waals surface area contributed by atoms with Crippen molar-refractivity contribution in [2.45, 2.75) is 19.8 Å². The molecule has 0 bridgehead atoms. The first-order chi connectivity index (χ1) is 11.5. The summed E-state index contributed by atoms with van der Waals surface area (Å²) in [5.41, 5.74) is 1.42. The van der Waals surface area contributed by atoms with Gasteiger partial charge in [0.15, 0.2) is 0 Å². The molecule has 24 heavy (non-hydrogen) atoms. The van der Waals surface area contributed by atoms with Crippen LogP contribution < -0.4 is 16.0 Å². The summed E-state index contributed by atoms with van der Waals surface area (Å²) in [6.07, 6.45) is 2.72. The fraction of sp³-hybridized carbons (Fsp3) is 0.353. The number of carbonyl (C=O) groups is 2. The number of nitrogens with zero attached hydrogens (tertiary/aromatic N) is 1. The van der Waals surface area contributed by atoms with Crippen molar-refractivity contribution in [3.8, 4) is 6.07 Å². The van der Waals surface area contributed by atoms with Crippen molar-refractivity contribution in [1.29, 1.82) is 5.26 Å². The second-order valence-corrected chi connectivity index (χ2v) is 6.86. The van der Waals surface area contributed by atoms with Gasteiger partial charge in [-0.2, -0.15) is 5.26 Å². The van der Waals surface area contributed by atoms with E-state index in [1.807, 2.05) is 25.1 Å². The van der Waals surface area contributed by atoms with Crippen LogP contribution in [0, 0.1) is 27.7 Å². The van der Waals surface area contributed by atoms with E-state index in [1.165, 1.54) is 6.20 Å². The summed E-state index contributed by atoms with van der Waals surface area (Å²) in [6.45, 7) is 3.49. The van der Waals surface area contributed by atoms with Crippen LogP contribution in [0.3, 0.4) is 0 Å². The molecule has 126 valence electrons. The van der Waals surface area contributed by atoms with Gasteiger partial charge < -0.3 is 16.0 Å². The molecule has 1 saturated heterocycles. The van der Waals surface area contributed by atoms with Gasteiger partial charge in [-0.05, 0) is 79.2 Å². The number of carbonyl (C=O) groups excluding carboxylic acids is 2. The van der Waals surface area contributed by atoms with E-state index >= 15 is 0 Å². The van der Waals surface area contributed by atoms with Crippen LogP contribution in [0.25, 0.3) is 0 Å². The topological polar surface area (TPSA) is 94.0 Å². The molecule has 1 aliphatic heterocycles. The average molecular weight is 438 g/mol. The number of piperidine rings is 1. The first-order valence-electron chi connectivity index (χ1n) is 7.70. The van der Waals surface area contributed by atoms with Crippen molar-refractivity contribution >= 4 is 40.1 Å². The van der Waals surface area contributed by atoms with Crippen molar-refractivity contribution in [1.82, 2.24) is 10.6 Å². The SMILES string of the molecule is Cc1cc(I)ccc1NC(=O)/C(C#N)=C\NC(=O)C1CCNCC1. The molecular formula is C17H19IN4O2. The predicted molar refractivity (Wildman–Crippen MR) is 100.0 cm³/mol. The van der Waals surface area contributed by atoms with Crippen LogP contribution in [0.15, 0.2) is 30.0 Å². The molecule has 0 atom stereocenters. The monoisotopic (exact) mass is 438 g/mol. The molecular weight excluding hydrogens is 419 g/mol. The Kier molecular flexibility index (Phi) is 6.75. The predicted octanol–water partition coefficient (Wildman–Crippen LogP) is 2.06. The van der Waals surface area contributed by atoms with Gasteiger partial charge in [0, 0.05) is 21.4 Å². The van der Waals surface area contributed by atoms with Crippen molar-refractivity contribution in [2.75, 3.05) is 18.4 Å². The van der Waals surface area contributed by atoms with Gasteiger partial charge in [-0.1, -0.05) is 0 Å². The number of nitriles is 1. The normalized spacial score (nSPS) is 15.5. The first kappa shape index (κ1) is 18.4. The maximum absolute atomic E-state index is 12.2. The third kappa shape index (κ3) is 5.04. The summed E-state index contributed by atoms with van der Waals surface area (Å²) >= 11 is 2.19. The zero-order valence-electron chi connectivity index (χ0n) is 13.4. The Balaban J connectivity index is 2.00. The molecule has 1 aromatic carbocycles. The summed E-state index contributed by atoms with van der Waals surface area (Å²) in [4.78, 5) is 24.3. The third-order valence-electron chi connectivity index (χ3n) is 3.87. The van der Waals surface area contributed by atoms with Crippen LogP contribution in [0.4, 0.5) is 5.69 Å². The van der Waals surface area contributed by atoms with Gasteiger partial charge in [-0.15, -0.1) is 0 Å². The summed E-state index contributed by atoms with van der Waals surface area (Å²) in [6, 6.07) is 7.43. The standard InChI is InChI=1S/C17H19IN4O2/c1-11-8-14(18)2-3-15(11)22-17(24)13(9-19)10-21-16(23)12-4-6-20-7-5-12/h2-3,8,10,12,20H,4-7H2,1H3,(H,21,23)(H,22,24)/b13-10-. The molecule has 2 rings (SSSR count). The van der Waals surface area contributed by atoms with Crippen LogP contribution >= 0.6 is 22.6 Å². The molecule has 6 nitrogen and oxygen atoms in total. The van der Waals surface area contributed by atoms with Gasteiger partial charge in [-0.25, -0.2) is 0 Å². The molecule has 3 N–H and O–H groups in total. The van der Waals surface area contributed by atoms with E-state index in [4.69, 9.17) is 5.26 Å². The second kappa shape index (κ2) is 8.80. The van der Waals surface area contributed by atoms with Gasteiger partial charge in [0.2, 0.25) is 5.91 Å². The highest BCUT2D eigenvalue weighted by Gasteiger charge is 2.20. The molecule has 1 aromatic rings. The quantitative estimate of drug-likeness (QED) is 0.381. The van der Waals surface area contributed by atoms with Gasteiger partial charge in [0.25, 0.3) is 5.91 Å². The minimum Gasteiger partial charge on any atom is -0.331 e. The van der Waals surface area contributed by atoms with Crippen molar-refractivity contribution in [2.24, 2.45) is 5.92 Å². The van der Waals surface area contributed by atoms with E-state index in [2.05, 4.69) is 38.5 Å². The van der Waals surface area contributed by atoms with E-state index in [0.29, 0.717) is 5.69 Å². The number of hydrogen-bond donors (Lipinski definition) is 3. The Morgan fingerprint density at radius 1 is 1.38 bits per heavy atom. The highest BCUT2D eigenvalue weighted by atomic mass is 127. The molecule has 0 aliphatic carbocycles. The van der Waals surface area contributed by atoms with Crippen molar-refractivity contribution < 1.29 is 9.59 Å². The summed E-state index contributed by atoms with van der Waals surface area (Å²) in [7, 11) is 0. The van der Waals surface area contributed by atoms with Crippen molar-refractivity contribution in [3.05, 3.63) is 39.1 Å². The lowest BCUT2D eigenvalue weighted by atomic mass is 9.97. The first-order valence-corrected chi connectivity index (χ1v) is 8.78. The van der Waals surface area contributed by atoms with Crippen molar-refractivity contribution in [3.63, 3.8) is 0 Å². The third-order valence-corrected chi connectivity index (χ3v) is 4.54. The maximum Gasteiger partial charge on any atom is 0.267 e. The Bertz CT molecular complexity index is 703. The van der Waals surface area contributed by atoms with Gasteiger partial charge in [0.1, 0.15) is 11.6 Å². The fourth-order valence-corrected chi connectivity index (χ4v) is 3.10. The number of halogens is 1. The molecule has 2 amide bonds.